The fourth-order valence-electron chi connectivity index (χ4n) is 4.84. The van der Waals surface area contributed by atoms with Gasteiger partial charge in [0.05, 0.1) is 22.2 Å². The van der Waals surface area contributed by atoms with Crippen LogP contribution in [0.2, 0.25) is 0 Å². The SMILES string of the molecule is Cc1ccc(Oc2ccc(N3C(=S)NC(c4ccccn4)C3c3ccc(-c4ccccc4[N+](=O)[O-])o3)cc2)cc1. The number of hydrogen-bond acceptors (Lipinski definition) is 6. The van der Waals surface area contributed by atoms with Crippen molar-refractivity contribution in [1.29, 1.82) is 0 Å². The van der Waals surface area contributed by atoms with Gasteiger partial charge in [0, 0.05) is 18.0 Å². The second kappa shape index (κ2) is 10.6. The van der Waals surface area contributed by atoms with Gasteiger partial charge in [0.2, 0.25) is 0 Å². The highest BCUT2D eigenvalue weighted by Crippen LogP contribution is 2.44. The van der Waals surface area contributed by atoms with Crippen molar-refractivity contribution in [3.05, 3.63) is 136 Å². The standard InChI is InChI=1S/C31H24N4O4S/c1-20-9-13-22(14-10-20)38-23-15-11-21(12-16-23)34-30(29(33-31(34)40)25-7-4-5-19-32-25)28-18-17-27(39-28)24-6-2-3-8-26(24)35(36)37/h2-19,29-30H,1H3,(H,33,40). The molecule has 0 aliphatic carbocycles. The van der Waals surface area contributed by atoms with E-state index in [-0.39, 0.29) is 11.7 Å². The van der Waals surface area contributed by atoms with E-state index >= 15 is 0 Å². The lowest BCUT2D eigenvalue weighted by Crippen LogP contribution is -2.29. The molecule has 9 heteroatoms. The van der Waals surface area contributed by atoms with Gasteiger partial charge >= 0.3 is 0 Å². The highest BCUT2D eigenvalue weighted by Gasteiger charge is 2.42. The monoisotopic (exact) mass is 548 g/mol. The molecular formula is C31H24N4O4S. The minimum atomic E-state index is -0.410. The van der Waals surface area contributed by atoms with Crippen LogP contribution < -0.4 is 15.0 Å². The van der Waals surface area contributed by atoms with E-state index < -0.39 is 11.0 Å². The third-order valence-electron chi connectivity index (χ3n) is 6.75. The van der Waals surface area contributed by atoms with Crippen LogP contribution in [-0.2, 0) is 0 Å². The number of nitrogens with one attached hydrogen (secondary N) is 1. The van der Waals surface area contributed by atoms with E-state index in [2.05, 4.69) is 10.3 Å². The van der Waals surface area contributed by atoms with E-state index in [9.17, 15) is 10.1 Å². The number of nitro benzene ring substituents is 1. The number of furan rings is 1. The van der Waals surface area contributed by atoms with Crippen molar-refractivity contribution in [2.75, 3.05) is 4.90 Å². The van der Waals surface area contributed by atoms with Crippen LogP contribution in [-0.4, -0.2) is 15.0 Å². The number of para-hydroxylation sites is 1. The average Bonchev–Trinajstić information content (AvgIpc) is 3.60. The molecule has 1 aliphatic heterocycles. The summed E-state index contributed by atoms with van der Waals surface area (Å²) in [5, 5.41) is 15.6. The number of nitro groups is 1. The maximum Gasteiger partial charge on any atom is 0.280 e. The van der Waals surface area contributed by atoms with E-state index in [1.807, 2.05) is 84.6 Å². The lowest BCUT2D eigenvalue weighted by atomic mass is 10.0. The van der Waals surface area contributed by atoms with Gasteiger partial charge in [-0.05, 0) is 85.9 Å². The lowest BCUT2D eigenvalue weighted by Gasteiger charge is -2.26. The summed E-state index contributed by atoms with van der Waals surface area (Å²) in [6.07, 6.45) is 1.73. The number of aromatic nitrogens is 1. The van der Waals surface area contributed by atoms with Gasteiger partial charge in [0.15, 0.2) is 5.11 Å². The number of hydrogen-bond donors (Lipinski definition) is 1. The number of anilines is 1. The number of ether oxygens (including phenoxy) is 1. The minimum Gasteiger partial charge on any atom is -0.459 e. The summed E-state index contributed by atoms with van der Waals surface area (Å²) < 4.78 is 12.3. The Morgan fingerprint density at radius 1 is 0.925 bits per heavy atom. The van der Waals surface area contributed by atoms with Gasteiger partial charge < -0.3 is 19.4 Å². The Balaban J connectivity index is 1.36. The third-order valence-corrected chi connectivity index (χ3v) is 7.07. The Morgan fingerprint density at radius 2 is 1.62 bits per heavy atom. The molecule has 0 amide bonds. The molecule has 198 valence electrons. The Morgan fingerprint density at radius 3 is 2.33 bits per heavy atom. The summed E-state index contributed by atoms with van der Waals surface area (Å²) in [6.45, 7) is 2.03. The molecule has 3 aromatic carbocycles. The molecule has 5 aromatic rings. The van der Waals surface area contributed by atoms with Gasteiger partial charge in [-0.1, -0.05) is 35.9 Å². The van der Waals surface area contributed by atoms with Gasteiger partial charge in [0.1, 0.15) is 29.1 Å². The van der Waals surface area contributed by atoms with Gasteiger partial charge in [-0.2, -0.15) is 0 Å². The molecule has 1 saturated heterocycles. The summed E-state index contributed by atoms with van der Waals surface area (Å²) in [6, 6.07) is 30.7. The Hall–Kier alpha value is -5.02. The van der Waals surface area contributed by atoms with Crippen molar-refractivity contribution in [2.24, 2.45) is 0 Å². The second-order valence-corrected chi connectivity index (χ2v) is 9.77. The van der Waals surface area contributed by atoms with Gasteiger partial charge in [0.25, 0.3) is 5.69 Å². The van der Waals surface area contributed by atoms with Crippen molar-refractivity contribution in [2.45, 2.75) is 19.0 Å². The second-order valence-electron chi connectivity index (χ2n) is 9.38. The van der Waals surface area contributed by atoms with Crippen molar-refractivity contribution in [1.82, 2.24) is 10.3 Å². The Labute approximate surface area is 236 Å². The van der Waals surface area contributed by atoms with Crippen LogP contribution in [0.4, 0.5) is 11.4 Å². The van der Waals surface area contributed by atoms with Crippen LogP contribution in [0.25, 0.3) is 11.3 Å². The first-order chi connectivity index (χ1) is 19.5. The van der Waals surface area contributed by atoms with Crippen molar-refractivity contribution in [3.63, 3.8) is 0 Å². The van der Waals surface area contributed by atoms with Crippen LogP contribution >= 0.6 is 12.2 Å². The minimum absolute atomic E-state index is 0.0224. The van der Waals surface area contributed by atoms with E-state index in [0.29, 0.717) is 27.9 Å². The molecule has 2 atom stereocenters. The number of benzene rings is 3. The van der Waals surface area contributed by atoms with Crippen molar-refractivity contribution < 1.29 is 14.1 Å². The highest BCUT2D eigenvalue weighted by atomic mass is 32.1. The lowest BCUT2D eigenvalue weighted by molar-refractivity contribution is -0.384. The smallest absolute Gasteiger partial charge is 0.280 e. The van der Waals surface area contributed by atoms with Crippen LogP contribution in [0.5, 0.6) is 11.5 Å². The molecule has 2 unspecified atom stereocenters. The molecule has 40 heavy (non-hydrogen) atoms. The van der Waals surface area contributed by atoms with E-state index in [0.717, 1.165) is 22.7 Å². The molecule has 0 spiro atoms. The van der Waals surface area contributed by atoms with Gasteiger partial charge in [-0.3, -0.25) is 15.1 Å². The zero-order valence-electron chi connectivity index (χ0n) is 21.4. The van der Waals surface area contributed by atoms with Gasteiger partial charge in [-0.25, -0.2) is 0 Å². The first-order valence-corrected chi connectivity index (χ1v) is 13.1. The maximum atomic E-state index is 11.6. The summed E-state index contributed by atoms with van der Waals surface area (Å²) in [4.78, 5) is 17.8. The average molecular weight is 549 g/mol. The van der Waals surface area contributed by atoms with Crippen LogP contribution in [0.3, 0.4) is 0 Å². The molecular weight excluding hydrogens is 524 g/mol. The van der Waals surface area contributed by atoms with Crippen LogP contribution in [0.15, 0.2) is 114 Å². The molecule has 0 saturated carbocycles. The Bertz CT molecular complexity index is 1670. The van der Waals surface area contributed by atoms with Gasteiger partial charge in [-0.15, -0.1) is 0 Å². The predicted molar refractivity (Wildman–Crippen MR) is 156 cm³/mol. The fraction of sp³-hybridized carbons (Fsp3) is 0.0968. The number of aryl methyl sites for hydroxylation is 1. The predicted octanol–water partition coefficient (Wildman–Crippen LogP) is 7.53. The molecule has 8 nitrogen and oxygen atoms in total. The molecule has 1 fully saturated rings. The quantitative estimate of drug-likeness (QED) is 0.127. The van der Waals surface area contributed by atoms with E-state index in [4.69, 9.17) is 21.4 Å². The summed E-state index contributed by atoms with van der Waals surface area (Å²) in [7, 11) is 0. The molecule has 1 aliphatic rings. The summed E-state index contributed by atoms with van der Waals surface area (Å²) >= 11 is 5.81. The first kappa shape index (κ1) is 25.3. The topological polar surface area (TPSA) is 93.7 Å². The highest BCUT2D eigenvalue weighted by molar-refractivity contribution is 7.80. The largest absolute Gasteiger partial charge is 0.459 e. The zero-order chi connectivity index (χ0) is 27.6. The van der Waals surface area contributed by atoms with Crippen molar-refractivity contribution >= 4 is 28.7 Å². The normalized spacial score (nSPS) is 16.5. The number of nitrogens with zero attached hydrogens (tertiary/aromatic N) is 3. The zero-order valence-corrected chi connectivity index (χ0v) is 22.2. The molecule has 3 heterocycles. The third kappa shape index (κ3) is 4.90. The molecule has 6 rings (SSSR count). The number of rotatable bonds is 7. The summed E-state index contributed by atoms with van der Waals surface area (Å²) in [5.74, 6) is 2.45. The van der Waals surface area contributed by atoms with E-state index in [1.165, 1.54) is 6.07 Å². The fourth-order valence-corrected chi connectivity index (χ4v) is 5.18. The maximum absolute atomic E-state index is 11.6. The molecule has 1 N–H and O–H groups in total. The molecule has 0 bridgehead atoms. The van der Waals surface area contributed by atoms with Crippen LogP contribution in [0.1, 0.15) is 29.1 Å². The number of pyridine rings is 1. The first-order valence-electron chi connectivity index (χ1n) is 12.7. The Kier molecular flexibility index (Phi) is 6.71. The molecule has 0 radical (unpaired) electrons. The number of thiocarbonyl (C=S) groups is 1. The summed E-state index contributed by atoms with van der Waals surface area (Å²) in [5.41, 5.74) is 3.17. The van der Waals surface area contributed by atoms with E-state index in [1.54, 1.807) is 30.5 Å². The van der Waals surface area contributed by atoms with Crippen LogP contribution in [0, 0.1) is 17.0 Å². The van der Waals surface area contributed by atoms with Crippen molar-refractivity contribution in [3.8, 4) is 22.8 Å². The molecule has 2 aromatic heterocycles.